The van der Waals surface area contributed by atoms with Crippen LogP contribution in [0.25, 0.3) is 5.52 Å². The molecular weight excluding hydrogens is 448 g/mol. The lowest BCUT2D eigenvalue weighted by molar-refractivity contribution is -0.127. The summed E-state index contributed by atoms with van der Waals surface area (Å²) in [5.41, 5.74) is 7.38. The number of nitrogens with zero attached hydrogens (tertiary/aromatic N) is 3. The van der Waals surface area contributed by atoms with Gasteiger partial charge in [0.05, 0.1) is 6.61 Å². The van der Waals surface area contributed by atoms with Crippen LogP contribution in [0.4, 0.5) is 14.5 Å². The summed E-state index contributed by atoms with van der Waals surface area (Å²) in [6, 6.07) is 8.46. The molecule has 2 heterocycles. The SMILES string of the molecule is Cc1c(CO)cn2ncnc(Oc3ccc(C(C(N)=O)C(=O)Nc4ccc(F)cc4)cc3F)c12. The van der Waals surface area contributed by atoms with E-state index in [4.69, 9.17) is 10.5 Å². The van der Waals surface area contributed by atoms with Gasteiger partial charge in [0.25, 0.3) is 0 Å². The standard InChI is InChI=1S/C23H19F2N5O4/c1-12-14(10-31)9-30-20(12)23(27-11-28-30)34-18-7-2-13(8-17(18)25)19(21(26)32)22(33)29-16-5-3-15(24)4-6-16/h2-9,11,19,31H,10H2,1H3,(H2,26,32)(H,29,33). The molecule has 0 aliphatic rings. The highest BCUT2D eigenvalue weighted by molar-refractivity contribution is 6.10. The zero-order valence-electron chi connectivity index (χ0n) is 17.8. The first kappa shape index (κ1) is 22.8. The summed E-state index contributed by atoms with van der Waals surface area (Å²) in [7, 11) is 0. The quantitative estimate of drug-likeness (QED) is 0.358. The molecule has 0 saturated carbocycles. The molecular formula is C23H19F2N5O4. The third-order valence-corrected chi connectivity index (χ3v) is 5.22. The van der Waals surface area contributed by atoms with Crippen molar-refractivity contribution in [1.82, 2.24) is 14.6 Å². The van der Waals surface area contributed by atoms with Crippen molar-refractivity contribution in [3.05, 3.63) is 83.3 Å². The number of nitrogens with two attached hydrogens (primary N) is 1. The second-order valence-corrected chi connectivity index (χ2v) is 7.42. The minimum Gasteiger partial charge on any atom is -0.434 e. The number of benzene rings is 2. The zero-order valence-corrected chi connectivity index (χ0v) is 17.8. The number of primary amides is 1. The highest BCUT2D eigenvalue weighted by atomic mass is 19.1. The first-order valence-electron chi connectivity index (χ1n) is 10.0. The van der Waals surface area contributed by atoms with Crippen LogP contribution in [0.3, 0.4) is 0 Å². The number of aliphatic hydroxyl groups is 1. The lowest BCUT2D eigenvalue weighted by atomic mass is 9.97. The molecule has 34 heavy (non-hydrogen) atoms. The minimum atomic E-state index is -1.50. The normalized spacial score (nSPS) is 11.9. The summed E-state index contributed by atoms with van der Waals surface area (Å²) < 4.78 is 35.1. The second-order valence-electron chi connectivity index (χ2n) is 7.42. The van der Waals surface area contributed by atoms with E-state index in [1.54, 1.807) is 13.1 Å². The average Bonchev–Trinajstić information content (AvgIpc) is 3.13. The first-order chi connectivity index (χ1) is 16.3. The average molecular weight is 467 g/mol. The van der Waals surface area contributed by atoms with E-state index in [1.165, 1.54) is 35.1 Å². The molecule has 4 aromatic rings. The molecule has 0 saturated heterocycles. The summed E-state index contributed by atoms with van der Waals surface area (Å²) in [6.07, 6.45) is 2.83. The summed E-state index contributed by atoms with van der Waals surface area (Å²) in [6.45, 7) is 1.53. The fourth-order valence-corrected chi connectivity index (χ4v) is 3.49. The lowest BCUT2D eigenvalue weighted by Gasteiger charge is -2.15. The fraction of sp³-hybridized carbons (Fsp3) is 0.130. The Balaban J connectivity index is 1.61. The largest absolute Gasteiger partial charge is 0.434 e. The lowest BCUT2D eigenvalue weighted by Crippen LogP contribution is -2.32. The number of hydrogen-bond donors (Lipinski definition) is 3. The smallest absolute Gasteiger partial charge is 0.247 e. The number of aliphatic hydroxyl groups excluding tert-OH is 1. The number of amides is 2. The van der Waals surface area contributed by atoms with Gasteiger partial charge in [-0.2, -0.15) is 10.1 Å². The maximum atomic E-state index is 14.9. The van der Waals surface area contributed by atoms with Crippen molar-refractivity contribution >= 4 is 23.0 Å². The fourth-order valence-electron chi connectivity index (χ4n) is 3.49. The van der Waals surface area contributed by atoms with E-state index >= 15 is 0 Å². The van der Waals surface area contributed by atoms with Crippen molar-refractivity contribution < 1.29 is 28.2 Å². The van der Waals surface area contributed by atoms with Gasteiger partial charge >= 0.3 is 0 Å². The van der Waals surface area contributed by atoms with Crippen LogP contribution in [0.15, 0.2) is 55.0 Å². The number of fused-ring (bicyclic) bond motifs is 1. The first-order valence-corrected chi connectivity index (χ1v) is 10.0. The van der Waals surface area contributed by atoms with Crippen molar-refractivity contribution in [1.29, 1.82) is 0 Å². The molecule has 0 aliphatic heterocycles. The maximum absolute atomic E-state index is 14.9. The number of halogens is 2. The van der Waals surface area contributed by atoms with Crippen LogP contribution < -0.4 is 15.8 Å². The Hall–Kier alpha value is -4.38. The Morgan fingerprint density at radius 1 is 1.21 bits per heavy atom. The molecule has 2 amide bonds. The highest BCUT2D eigenvalue weighted by Gasteiger charge is 2.28. The van der Waals surface area contributed by atoms with E-state index in [9.17, 15) is 23.5 Å². The second kappa shape index (κ2) is 9.24. The van der Waals surface area contributed by atoms with Crippen LogP contribution in [0.5, 0.6) is 11.6 Å². The topological polar surface area (TPSA) is 132 Å². The molecule has 4 rings (SSSR count). The van der Waals surface area contributed by atoms with E-state index in [1.807, 2.05) is 0 Å². The van der Waals surface area contributed by atoms with Crippen molar-refractivity contribution in [3.8, 4) is 11.6 Å². The Labute approximate surface area is 191 Å². The van der Waals surface area contributed by atoms with E-state index in [-0.39, 0.29) is 29.5 Å². The molecule has 0 spiro atoms. The number of carbonyl (C=O) groups is 2. The Morgan fingerprint density at radius 2 is 1.94 bits per heavy atom. The maximum Gasteiger partial charge on any atom is 0.247 e. The Bertz CT molecular complexity index is 1390. The van der Waals surface area contributed by atoms with Crippen molar-refractivity contribution in [3.63, 3.8) is 0 Å². The third-order valence-electron chi connectivity index (χ3n) is 5.22. The van der Waals surface area contributed by atoms with Gasteiger partial charge < -0.3 is 20.9 Å². The number of hydrogen-bond acceptors (Lipinski definition) is 6. The zero-order chi connectivity index (χ0) is 24.4. The van der Waals surface area contributed by atoms with Crippen LogP contribution in [0, 0.1) is 18.6 Å². The number of aromatic nitrogens is 3. The number of anilines is 1. The van der Waals surface area contributed by atoms with Gasteiger partial charge in [-0.15, -0.1) is 0 Å². The molecule has 174 valence electrons. The highest BCUT2D eigenvalue weighted by Crippen LogP contribution is 2.31. The number of rotatable bonds is 7. The minimum absolute atomic E-state index is 0.00577. The van der Waals surface area contributed by atoms with Crippen LogP contribution in [-0.4, -0.2) is 31.5 Å². The van der Waals surface area contributed by atoms with Crippen molar-refractivity contribution in [2.45, 2.75) is 19.4 Å². The summed E-state index contributed by atoms with van der Waals surface area (Å²) in [5.74, 6) is -4.81. The van der Waals surface area contributed by atoms with E-state index in [0.29, 0.717) is 16.6 Å². The monoisotopic (exact) mass is 467 g/mol. The van der Waals surface area contributed by atoms with Gasteiger partial charge in [-0.3, -0.25) is 9.59 Å². The number of carbonyl (C=O) groups excluding carboxylic acids is 2. The summed E-state index contributed by atoms with van der Waals surface area (Å²) in [4.78, 5) is 28.7. The Morgan fingerprint density at radius 3 is 2.59 bits per heavy atom. The molecule has 0 bridgehead atoms. The third kappa shape index (κ3) is 4.41. The van der Waals surface area contributed by atoms with E-state index < -0.39 is 29.4 Å². The predicted octanol–water partition coefficient (Wildman–Crippen LogP) is 2.81. The van der Waals surface area contributed by atoms with Gasteiger partial charge in [0.1, 0.15) is 23.6 Å². The molecule has 9 nitrogen and oxygen atoms in total. The molecule has 0 radical (unpaired) electrons. The van der Waals surface area contributed by atoms with Crippen LogP contribution in [0.2, 0.25) is 0 Å². The van der Waals surface area contributed by atoms with Gasteiger partial charge in [-0.1, -0.05) is 6.07 Å². The molecule has 11 heteroatoms. The van der Waals surface area contributed by atoms with Crippen LogP contribution in [0.1, 0.15) is 22.6 Å². The van der Waals surface area contributed by atoms with Gasteiger partial charge in [0.15, 0.2) is 11.6 Å². The van der Waals surface area contributed by atoms with Crippen LogP contribution >= 0.6 is 0 Å². The molecule has 1 unspecified atom stereocenters. The molecule has 0 aliphatic carbocycles. The van der Waals surface area contributed by atoms with Crippen molar-refractivity contribution in [2.75, 3.05) is 5.32 Å². The number of aryl methyl sites for hydroxylation is 1. The molecule has 2 aromatic heterocycles. The molecule has 0 fully saturated rings. The Kier molecular flexibility index (Phi) is 6.19. The predicted molar refractivity (Wildman–Crippen MR) is 117 cm³/mol. The van der Waals surface area contributed by atoms with Gasteiger partial charge in [0.2, 0.25) is 17.7 Å². The van der Waals surface area contributed by atoms with Crippen LogP contribution in [-0.2, 0) is 16.2 Å². The van der Waals surface area contributed by atoms with Gasteiger partial charge in [0, 0.05) is 17.4 Å². The molecule has 4 N–H and O–H groups in total. The summed E-state index contributed by atoms with van der Waals surface area (Å²) in [5, 5.41) is 16.0. The molecule has 2 aromatic carbocycles. The van der Waals surface area contributed by atoms with E-state index in [0.717, 1.165) is 18.2 Å². The van der Waals surface area contributed by atoms with Gasteiger partial charge in [-0.25, -0.2) is 13.3 Å². The number of ether oxygens (including phenoxy) is 1. The van der Waals surface area contributed by atoms with E-state index in [2.05, 4.69) is 15.4 Å². The summed E-state index contributed by atoms with van der Waals surface area (Å²) >= 11 is 0. The number of nitrogens with one attached hydrogen (secondary N) is 1. The molecule has 1 atom stereocenters. The van der Waals surface area contributed by atoms with Crippen molar-refractivity contribution in [2.24, 2.45) is 5.73 Å². The van der Waals surface area contributed by atoms with Gasteiger partial charge in [-0.05, 0) is 54.4 Å².